The van der Waals surface area contributed by atoms with Crippen LogP contribution in [-0.4, -0.2) is 43.3 Å². The normalized spacial score (nSPS) is 12.3. The summed E-state index contributed by atoms with van der Waals surface area (Å²) in [6.07, 6.45) is -3.07. The monoisotopic (exact) mass is 719 g/mol. The molecule has 4 aromatic rings. The second-order valence-electron chi connectivity index (χ2n) is 8.21. The minimum absolute atomic E-state index is 0. The number of alkyl halides is 6. The molecule has 0 N–H and O–H groups in total. The van der Waals surface area contributed by atoms with Crippen molar-refractivity contribution in [3.8, 4) is 23.1 Å². The molecule has 0 aromatic carbocycles. The summed E-state index contributed by atoms with van der Waals surface area (Å²) in [5.41, 5.74) is -0.756. The van der Waals surface area contributed by atoms with Crippen LogP contribution in [0, 0.1) is 12.4 Å². The van der Waals surface area contributed by atoms with E-state index in [-0.39, 0.29) is 55.6 Å². The van der Waals surface area contributed by atoms with Crippen molar-refractivity contribution in [3.63, 3.8) is 0 Å². The number of ether oxygens (including phenoxy) is 2. The van der Waals surface area contributed by atoms with Crippen molar-refractivity contribution in [2.24, 2.45) is 0 Å². The molecule has 0 saturated heterocycles. The zero-order chi connectivity index (χ0) is 27.2. The SMILES string of the molecule is COc1cc(-n2[c-]cnc2C(F)(F)F)nc(C(C)(C)c2cc(OC)cc(-n3[c-]cnc3C(F)(F)F)n2)c1.[Pt+2]. The minimum Gasteiger partial charge on any atom is -0.498 e. The maximum absolute atomic E-state index is 13.5. The van der Waals surface area contributed by atoms with E-state index >= 15 is 0 Å². The molecule has 4 heterocycles. The zero-order valence-corrected chi connectivity index (χ0v) is 22.3. The Kier molecular flexibility index (Phi) is 7.97. The third kappa shape index (κ3) is 5.54. The summed E-state index contributed by atoms with van der Waals surface area (Å²) in [5.74, 6) is -2.50. The third-order valence-electron chi connectivity index (χ3n) is 5.46. The van der Waals surface area contributed by atoms with Crippen LogP contribution < -0.4 is 9.47 Å². The van der Waals surface area contributed by atoms with E-state index in [1.54, 1.807) is 13.8 Å². The van der Waals surface area contributed by atoms with Gasteiger partial charge in [0.15, 0.2) is 0 Å². The molecule has 38 heavy (non-hydrogen) atoms. The van der Waals surface area contributed by atoms with Gasteiger partial charge in [-0.1, -0.05) is 12.4 Å². The molecule has 0 atom stereocenters. The molecule has 0 aliphatic heterocycles. The molecule has 4 aromatic heterocycles. The molecule has 0 fully saturated rings. The van der Waals surface area contributed by atoms with Crippen LogP contribution in [0.3, 0.4) is 0 Å². The van der Waals surface area contributed by atoms with Crippen molar-refractivity contribution in [2.45, 2.75) is 31.6 Å². The Labute approximate surface area is 226 Å². The van der Waals surface area contributed by atoms with Crippen molar-refractivity contribution in [1.82, 2.24) is 29.1 Å². The standard InChI is InChI=1S/C23H18F6N6O2.Pt/c1-21(2,15-9-13(36-3)11-17(32-15)34-7-5-30-19(34)22(24,25)26)16-10-14(37-4)12-18(33-16)35-8-6-31-20(35)23(27,28)29;/h5-6,9-12H,1-4H3;/q-2;+2. The number of hydrogen-bond acceptors (Lipinski definition) is 6. The number of imidazole rings is 2. The fourth-order valence-corrected chi connectivity index (χ4v) is 3.50. The minimum atomic E-state index is -4.78. The molecule has 0 radical (unpaired) electrons. The van der Waals surface area contributed by atoms with E-state index in [9.17, 15) is 26.3 Å². The number of halogens is 6. The Balaban J connectivity index is 0.00000400. The molecule has 0 aliphatic rings. The topological polar surface area (TPSA) is 79.9 Å². The second-order valence-corrected chi connectivity index (χ2v) is 8.21. The van der Waals surface area contributed by atoms with Gasteiger partial charge in [0.2, 0.25) is 0 Å². The summed E-state index contributed by atoms with van der Waals surface area (Å²) >= 11 is 0. The molecular weight excluding hydrogens is 701 g/mol. The molecule has 0 aliphatic carbocycles. The summed E-state index contributed by atoms with van der Waals surface area (Å²) in [5, 5.41) is 0. The summed E-state index contributed by atoms with van der Waals surface area (Å²) in [6, 6.07) is 5.51. The van der Waals surface area contributed by atoms with Crippen LogP contribution in [0.4, 0.5) is 26.3 Å². The van der Waals surface area contributed by atoms with Crippen LogP contribution >= 0.6 is 0 Å². The third-order valence-corrected chi connectivity index (χ3v) is 5.46. The summed E-state index contributed by atoms with van der Waals surface area (Å²) in [7, 11) is 2.65. The average Bonchev–Trinajstić information content (AvgIpc) is 3.53. The Morgan fingerprint density at radius 1 is 0.684 bits per heavy atom. The number of rotatable bonds is 6. The molecule has 204 valence electrons. The predicted octanol–water partition coefficient (Wildman–Crippen LogP) is 4.83. The maximum Gasteiger partial charge on any atom is 2.00 e. The summed E-state index contributed by atoms with van der Waals surface area (Å²) in [4.78, 5) is 15.4. The van der Waals surface area contributed by atoms with Gasteiger partial charge in [0.25, 0.3) is 0 Å². The van der Waals surface area contributed by atoms with E-state index in [0.717, 1.165) is 12.4 Å². The molecule has 0 unspecified atom stereocenters. The van der Waals surface area contributed by atoms with E-state index in [1.807, 2.05) is 0 Å². The Morgan fingerprint density at radius 3 is 1.37 bits per heavy atom. The van der Waals surface area contributed by atoms with Gasteiger partial charge in [0, 0.05) is 40.6 Å². The maximum atomic E-state index is 13.5. The van der Waals surface area contributed by atoms with Crippen molar-refractivity contribution < 1.29 is 56.9 Å². The Hall–Kier alpha value is -3.41. The van der Waals surface area contributed by atoms with E-state index in [1.165, 1.54) is 38.5 Å². The van der Waals surface area contributed by atoms with E-state index in [2.05, 4.69) is 32.3 Å². The van der Waals surface area contributed by atoms with Crippen molar-refractivity contribution in [1.29, 1.82) is 0 Å². The number of hydrogen-bond donors (Lipinski definition) is 0. The van der Waals surface area contributed by atoms with E-state index in [0.29, 0.717) is 9.13 Å². The molecule has 0 spiro atoms. The number of aromatic nitrogens is 6. The molecular formula is C23H18F6N6O2Pt. The summed E-state index contributed by atoms with van der Waals surface area (Å²) in [6.45, 7) is 3.30. The van der Waals surface area contributed by atoms with Gasteiger partial charge in [-0.3, -0.25) is 9.97 Å². The van der Waals surface area contributed by atoms with Crippen molar-refractivity contribution in [2.75, 3.05) is 14.2 Å². The first-order chi connectivity index (χ1) is 17.3. The second kappa shape index (κ2) is 10.4. The molecule has 8 nitrogen and oxygen atoms in total. The van der Waals surface area contributed by atoms with Crippen molar-refractivity contribution >= 4 is 0 Å². The number of pyridine rings is 2. The molecule has 0 saturated carbocycles. The van der Waals surface area contributed by atoms with Gasteiger partial charge in [-0.25, -0.2) is 0 Å². The van der Waals surface area contributed by atoms with Crippen LogP contribution in [0.1, 0.15) is 36.9 Å². The van der Waals surface area contributed by atoms with Crippen molar-refractivity contribution in [3.05, 3.63) is 72.1 Å². The molecule has 15 heteroatoms. The van der Waals surface area contributed by atoms with Crippen LogP contribution in [0.5, 0.6) is 11.5 Å². The van der Waals surface area contributed by atoms with Gasteiger partial charge in [-0.05, 0) is 38.4 Å². The molecule has 4 rings (SSSR count). The predicted molar refractivity (Wildman–Crippen MR) is 116 cm³/mol. The van der Waals surface area contributed by atoms with E-state index in [4.69, 9.17) is 9.47 Å². The van der Waals surface area contributed by atoms with Crippen LogP contribution in [0.2, 0.25) is 0 Å². The largest absolute Gasteiger partial charge is 2.00 e. The van der Waals surface area contributed by atoms with Crippen LogP contribution in [-0.2, 0) is 38.8 Å². The smallest absolute Gasteiger partial charge is 0.498 e. The van der Waals surface area contributed by atoms with Gasteiger partial charge < -0.3 is 28.6 Å². The van der Waals surface area contributed by atoms with Gasteiger partial charge >= 0.3 is 33.4 Å². The van der Waals surface area contributed by atoms with E-state index < -0.39 is 29.4 Å². The fourth-order valence-electron chi connectivity index (χ4n) is 3.50. The van der Waals surface area contributed by atoms with Gasteiger partial charge in [0.05, 0.1) is 14.2 Å². The number of nitrogens with zero attached hydrogens (tertiary/aromatic N) is 6. The Morgan fingerprint density at radius 2 is 1.05 bits per heavy atom. The van der Waals surface area contributed by atoms with Gasteiger partial charge in [-0.15, -0.1) is 0 Å². The number of methoxy groups -OCH3 is 2. The fraction of sp³-hybridized carbons (Fsp3) is 0.304. The Bertz CT molecular complexity index is 1320. The van der Waals surface area contributed by atoms with Gasteiger partial charge in [-0.2, -0.15) is 26.3 Å². The quantitative estimate of drug-likeness (QED) is 0.210. The average molecular weight is 720 g/mol. The van der Waals surface area contributed by atoms with Crippen LogP contribution in [0.25, 0.3) is 11.6 Å². The van der Waals surface area contributed by atoms with Crippen LogP contribution in [0.15, 0.2) is 36.7 Å². The van der Waals surface area contributed by atoms with Gasteiger partial charge in [0.1, 0.15) is 23.1 Å². The molecule has 0 bridgehead atoms. The molecule has 0 amide bonds. The first kappa shape index (κ1) is 29.1. The first-order valence-electron chi connectivity index (χ1n) is 10.4. The first-order valence-corrected chi connectivity index (χ1v) is 10.4. The summed E-state index contributed by atoms with van der Waals surface area (Å²) < 4.78 is 92.5. The zero-order valence-electron chi connectivity index (χ0n) is 20.0.